The van der Waals surface area contributed by atoms with Crippen LogP contribution < -0.4 is 5.73 Å². The van der Waals surface area contributed by atoms with Gasteiger partial charge in [-0.3, -0.25) is 0 Å². The van der Waals surface area contributed by atoms with Gasteiger partial charge in [-0.15, -0.1) is 0 Å². The molecular formula is C11H19NO. The Morgan fingerprint density at radius 1 is 1.15 bits per heavy atom. The van der Waals surface area contributed by atoms with Crippen LogP contribution in [-0.4, -0.2) is 5.11 Å². The van der Waals surface area contributed by atoms with Crippen LogP contribution >= 0.6 is 0 Å². The third-order valence-electron chi connectivity index (χ3n) is 1.16. The Bertz CT molecular complexity index is 213. The lowest BCUT2D eigenvalue weighted by molar-refractivity contribution is 0.282. The Hall–Kier alpha value is -1.02. The highest BCUT2D eigenvalue weighted by molar-refractivity contribution is 5.38. The highest BCUT2D eigenvalue weighted by Gasteiger charge is 1.86. The topological polar surface area (TPSA) is 46.2 Å². The lowest BCUT2D eigenvalue weighted by atomic mass is 10.2. The molecule has 0 spiro atoms. The van der Waals surface area contributed by atoms with Gasteiger partial charge in [-0.1, -0.05) is 32.9 Å². The second-order valence-corrected chi connectivity index (χ2v) is 3.63. The number of benzene rings is 1. The van der Waals surface area contributed by atoms with Gasteiger partial charge in [0.15, 0.2) is 0 Å². The summed E-state index contributed by atoms with van der Waals surface area (Å²) >= 11 is 0. The molecule has 1 rings (SSSR count). The number of hydrogen-bond acceptors (Lipinski definition) is 2. The molecule has 0 heterocycles. The average molecular weight is 181 g/mol. The van der Waals surface area contributed by atoms with Crippen molar-refractivity contribution in [2.45, 2.75) is 27.4 Å². The molecule has 3 N–H and O–H groups in total. The van der Waals surface area contributed by atoms with Crippen LogP contribution in [0, 0.1) is 5.92 Å². The Morgan fingerprint density at radius 3 is 1.85 bits per heavy atom. The number of aliphatic hydroxyl groups excluding tert-OH is 1. The molecule has 0 aliphatic rings. The minimum absolute atomic E-state index is 0.0836. The van der Waals surface area contributed by atoms with E-state index in [-0.39, 0.29) is 6.61 Å². The summed E-state index contributed by atoms with van der Waals surface area (Å²) < 4.78 is 0. The van der Waals surface area contributed by atoms with Gasteiger partial charge in [-0.05, 0) is 23.6 Å². The molecule has 0 unspecified atom stereocenters. The predicted molar refractivity (Wildman–Crippen MR) is 57.3 cm³/mol. The van der Waals surface area contributed by atoms with Gasteiger partial charge in [-0.2, -0.15) is 0 Å². The van der Waals surface area contributed by atoms with E-state index in [1.165, 1.54) is 0 Å². The van der Waals surface area contributed by atoms with Gasteiger partial charge in [-0.25, -0.2) is 0 Å². The fourth-order valence-corrected chi connectivity index (χ4v) is 0.623. The number of nitrogens with two attached hydrogens (primary N) is 1. The third kappa shape index (κ3) is 7.34. The molecule has 0 bridgehead atoms. The van der Waals surface area contributed by atoms with Crippen molar-refractivity contribution in [3.8, 4) is 0 Å². The first-order valence-electron chi connectivity index (χ1n) is 4.51. The largest absolute Gasteiger partial charge is 0.399 e. The molecular weight excluding hydrogens is 162 g/mol. The van der Waals surface area contributed by atoms with Gasteiger partial charge in [0, 0.05) is 5.69 Å². The van der Waals surface area contributed by atoms with Gasteiger partial charge in [0.25, 0.3) is 0 Å². The molecule has 1 aromatic rings. The van der Waals surface area contributed by atoms with Crippen molar-refractivity contribution in [3.05, 3.63) is 29.8 Å². The number of hydrogen-bond donors (Lipinski definition) is 2. The van der Waals surface area contributed by atoms with Crippen molar-refractivity contribution < 1.29 is 5.11 Å². The number of nitrogen functional groups attached to an aromatic ring is 1. The SMILES string of the molecule is CC(C)C.Nc1ccc(CO)cc1. The van der Waals surface area contributed by atoms with Gasteiger partial charge in [0.2, 0.25) is 0 Å². The van der Waals surface area contributed by atoms with Crippen LogP contribution in [0.1, 0.15) is 26.3 Å². The number of aliphatic hydroxyl groups is 1. The zero-order valence-corrected chi connectivity index (χ0v) is 8.62. The van der Waals surface area contributed by atoms with E-state index in [0.29, 0.717) is 0 Å². The zero-order valence-electron chi connectivity index (χ0n) is 8.62. The van der Waals surface area contributed by atoms with Crippen LogP contribution in [0.3, 0.4) is 0 Å². The van der Waals surface area contributed by atoms with Crippen molar-refractivity contribution in [2.75, 3.05) is 5.73 Å². The second-order valence-electron chi connectivity index (χ2n) is 3.63. The molecule has 0 saturated carbocycles. The highest BCUT2D eigenvalue weighted by Crippen LogP contribution is 2.03. The van der Waals surface area contributed by atoms with Crippen LogP contribution in [0.15, 0.2) is 24.3 Å². The van der Waals surface area contributed by atoms with Gasteiger partial charge in [0.05, 0.1) is 6.61 Å². The Kier molecular flexibility index (Phi) is 5.98. The van der Waals surface area contributed by atoms with Crippen molar-refractivity contribution in [1.82, 2.24) is 0 Å². The fraction of sp³-hybridized carbons (Fsp3) is 0.455. The smallest absolute Gasteiger partial charge is 0.0681 e. The molecule has 0 radical (unpaired) electrons. The molecule has 2 heteroatoms. The molecule has 0 aliphatic carbocycles. The van der Waals surface area contributed by atoms with E-state index in [1.807, 2.05) is 0 Å². The summed E-state index contributed by atoms with van der Waals surface area (Å²) in [4.78, 5) is 0. The normalized spacial score (nSPS) is 9.31. The summed E-state index contributed by atoms with van der Waals surface area (Å²) in [7, 11) is 0. The molecule has 74 valence electrons. The van der Waals surface area contributed by atoms with Crippen LogP contribution in [0.2, 0.25) is 0 Å². The summed E-state index contributed by atoms with van der Waals surface area (Å²) in [5.74, 6) is 0.833. The molecule has 0 aliphatic heterocycles. The summed E-state index contributed by atoms with van der Waals surface area (Å²) in [5, 5.41) is 8.59. The molecule has 0 atom stereocenters. The Labute approximate surface area is 80.4 Å². The minimum atomic E-state index is 0.0836. The molecule has 0 fully saturated rings. The second kappa shape index (κ2) is 6.49. The van der Waals surface area contributed by atoms with Gasteiger partial charge < -0.3 is 10.8 Å². The van der Waals surface area contributed by atoms with E-state index in [1.54, 1.807) is 24.3 Å². The van der Waals surface area contributed by atoms with E-state index in [2.05, 4.69) is 20.8 Å². The van der Waals surface area contributed by atoms with E-state index in [4.69, 9.17) is 10.8 Å². The van der Waals surface area contributed by atoms with Crippen molar-refractivity contribution >= 4 is 5.69 Å². The Morgan fingerprint density at radius 2 is 1.54 bits per heavy atom. The van der Waals surface area contributed by atoms with Crippen LogP contribution in [0.4, 0.5) is 5.69 Å². The van der Waals surface area contributed by atoms with Crippen molar-refractivity contribution in [1.29, 1.82) is 0 Å². The molecule has 13 heavy (non-hydrogen) atoms. The molecule has 1 aromatic carbocycles. The third-order valence-corrected chi connectivity index (χ3v) is 1.16. The fourth-order valence-electron chi connectivity index (χ4n) is 0.623. The number of anilines is 1. The molecule has 0 amide bonds. The van der Waals surface area contributed by atoms with Gasteiger partial charge in [0.1, 0.15) is 0 Å². The summed E-state index contributed by atoms with van der Waals surface area (Å²) in [5.41, 5.74) is 7.02. The lowest BCUT2D eigenvalue weighted by Crippen LogP contribution is -1.85. The molecule has 2 nitrogen and oxygen atoms in total. The monoisotopic (exact) mass is 181 g/mol. The lowest BCUT2D eigenvalue weighted by Gasteiger charge is -1.94. The number of rotatable bonds is 1. The molecule has 0 aromatic heterocycles. The van der Waals surface area contributed by atoms with Crippen LogP contribution in [0.25, 0.3) is 0 Å². The van der Waals surface area contributed by atoms with Gasteiger partial charge >= 0.3 is 0 Å². The van der Waals surface area contributed by atoms with E-state index >= 15 is 0 Å². The maximum atomic E-state index is 8.59. The average Bonchev–Trinajstić information content (AvgIpc) is 2.05. The van der Waals surface area contributed by atoms with E-state index < -0.39 is 0 Å². The van der Waals surface area contributed by atoms with Crippen LogP contribution in [-0.2, 0) is 6.61 Å². The first kappa shape index (κ1) is 12.0. The van der Waals surface area contributed by atoms with Crippen molar-refractivity contribution in [3.63, 3.8) is 0 Å². The maximum Gasteiger partial charge on any atom is 0.0681 e. The Balaban J connectivity index is 0.000000310. The maximum absolute atomic E-state index is 8.59. The first-order chi connectivity index (χ1) is 6.06. The summed E-state index contributed by atoms with van der Waals surface area (Å²) in [6.07, 6.45) is 0. The first-order valence-corrected chi connectivity index (χ1v) is 4.51. The molecule has 0 saturated heterocycles. The minimum Gasteiger partial charge on any atom is -0.399 e. The standard InChI is InChI=1S/C7H9NO.C4H10/c8-7-3-1-6(5-9)2-4-7;1-4(2)3/h1-4,9H,5,8H2;4H,1-3H3. The van der Waals surface area contributed by atoms with Crippen LogP contribution in [0.5, 0.6) is 0 Å². The predicted octanol–water partition coefficient (Wildman–Crippen LogP) is 2.42. The quantitative estimate of drug-likeness (QED) is 0.654. The van der Waals surface area contributed by atoms with Crippen molar-refractivity contribution in [2.24, 2.45) is 5.92 Å². The highest BCUT2D eigenvalue weighted by atomic mass is 16.3. The zero-order chi connectivity index (χ0) is 10.3. The van der Waals surface area contributed by atoms with E-state index in [0.717, 1.165) is 17.2 Å². The summed E-state index contributed by atoms with van der Waals surface area (Å²) in [6.45, 7) is 6.58. The summed E-state index contributed by atoms with van der Waals surface area (Å²) in [6, 6.07) is 7.14. The van der Waals surface area contributed by atoms with E-state index in [9.17, 15) is 0 Å².